The number of hydrogen-bond donors (Lipinski definition) is 1. The molecule has 1 heterocycles. The van der Waals surface area contributed by atoms with Gasteiger partial charge in [-0.3, -0.25) is 4.79 Å². The Balaban J connectivity index is 2.74. The van der Waals surface area contributed by atoms with Gasteiger partial charge in [0.1, 0.15) is 5.82 Å². The van der Waals surface area contributed by atoms with Crippen LogP contribution in [0.3, 0.4) is 0 Å². The molecule has 1 aromatic heterocycles. The third-order valence-corrected chi connectivity index (χ3v) is 4.02. The van der Waals surface area contributed by atoms with Crippen LogP contribution >= 0.6 is 11.8 Å². The van der Waals surface area contributed by atoms with E-state index in [0.717, 1.165) is 17.5 Å². The average molecular weight is 272 g/mol. The van der Waals surface area contributed by atoms with E-state index >= 15 is 0 Å². The molecule has 1 aromatic rings. The number of nitrogens with zero attached hydrogens (tertiary/aromatic N) is 3. The lowest BCUT2D eigenvalue weighted by atomic mass is 9.97. The van der Waals surface area contributed by atoms with Crippen LogP contribution in [-0.2, 0) is 22.6 Å². The van der Waals surface area contributed by atoms with Crippen molar-refractivity contribution in [3.05, 3.63) is 5.82 Å². The average Bonchev–Trinajstić information content (AvgIpc) is 2.77. The van der Waals surface area contributed by atoms with Crippen LogP contribution in [0.5, 0.6) is 0 Å². The summed E-state index contributed by atoms with van der Waals surface area (Å²) in [6.45, 7) is 6.84. The standard InChI is InChI=1S/C11H20N4O2S/c1-5-15-8(6-12)13-14-10(15)18-7-11(2,3)9(16)17-4/h5-7,12H2,1-4H3. The molecule has 0 aliphatic carbocycles. The number of carbonyl (C=O) groups is 1. The lowest BCUT2D eigenvalue weighted by molar-refractivity contribution is -0.149. The third kappa shape index (κ3) is 3.23. The normalized spacial score (nSPS) is 11.6. The zero-order valence-electron chi connectivity index (χ0n) is 11.3. The number of methoxy groups -OCH3 is 1. The zero-order valence-corrected chi connectivity index (χ0v) is 12.1. The van der Waals surface area contributed by atoms with Crippen LogP contribution in [0, 0.1) is 5.41 Å². The molecule has 0 atom stereocenters. The second kappa shape index (κ2) is 6.19. The molecular weight excluding hydrogens is 252 g/mol. The van der Waals surface area contributed by atoms with E-state index in [1.54, 1.807) is 0 Å². The predicted octanol–water partition coefficient (Wildman–Crippen LogP) is 1.05. The number of nitrogens with two attached hydrogens (primary N) is 1. The molecule has 0 fully saturated rings. The second-order valence-electron chi connectivity index (χ2n) is 4.51. The van der Waals surface area contributed by atoms with Crippen LogP contribution in [0.25, 0.3) is 0 Å². The molecule has 1 rings (SSSR count). The molecule has 0 aliphatic rings. The molecule has 0 amide bonds. The Morgan fingerprint density at radius 2 is 2.17 bits per heavy atom. The van der Waals surface area contributed by atoms with Crippen molar-refractivity contribution in [1.29, 1.82) is 0 Å². The van der Waals surface area contributed by atoms with E-state index in [4.69, 9.17) is 10.5 Å². The zero-order chi connectivity index (χ0) is 13.8. The van der Waals surface area contributed by atoms with E-state index in [9.17, 15) is 4.79 Å². The molecule has 0 radical (unpaired) electrons. The molecule has 102 valence electrons. The largest absolute Gasteiger partial charge is 0.469 e. The monoisotopic (exact) mass is 272 g/mol. The Bertz CT molecular complexity index is 417. The lowest BCUT2D eigenvalue weighted by Crippen LogP contribution is -2.28. The van der Waals surface area contributed by atoms with Crippen molar-refractivity contribution in [3.8, 4) is 0 Å². The van der Waals surface area contributed by atoms with Crippen molar-refractivity contribution < 1.29 is 9.53 Å². The second-order valence-corrected chi connectivity index (χ2v) is 5.45. The van der Waals surface area contributed by atoms with Gasteiger partial charge in [-0.15, -0.1) is 10.2 Å². The van der Waals surface area contributed by atoms with Crippen LogP contribution in [0.4, 0.5) is 0 Å². The van der Waals surface area contributed by atoms with Gasteiger partial charge in [0.15, 0.2) is 5.16 Å². The van der Waals surface area contributed by atoms with Gasteiger partial charge in [-0.25, -0.2) is 0 Å². The Hall–Kier alpha value is -1.08. The Morgan fingerprint density at radius 3 is 2.67 bits per heavy atom. The highest BCUT2D eigenvalue weighted by Crippen LogP contribution is 2.28. The first-order chi connectivity index (χ1) is 8.46. The third-order valence-electron chi connectivity index (χ3n) is 2.59. The van der Waals surface area contributed by atoms with E-state index < -0.39 is 5.41 Å². The summed E-state index contributed by atoms with van der Waals surface area (Å²) in [4.78, 5) is 11.6. The molecule has 7 heteroatoms. The minimum absolute atomic E-state index is 0.225. The fourth-order valence-electron chi connectivity index (χ4n) is 1.47. The van der Waals surface area contributed by atoms with Crippen molar-refractivity contribution in [2.45, 2.75) is 39.0 Å². The number of rotatable bonds is 6. The fourth-order valence-corrected chi connectivity index (χ4v) is 2.57. The van der Waals surface area contributed by atoms with Crippen molar-refractivity contribution in [3.63, 3.8) is 0 Å². The Kier molecular flexibility index (Phi) is 5.15. The first-order valence-corrected chi connectivity index (χ1v) is 6.78. The van der Waals surface area contributed by atoms with E-state index in [0.29, 0.717) is 12.3 Å². The number of carbonyl (C=O) groups excluding carboxylic acids is 1. The van der Waals surface area contributed by atoms with Gasteiger partial charge in [0.05, 0.1) is 19.1 Å². The SMILES string of the molecule is CCn1c(CN)nnc1SCC(C)(C)C(=O)OC. The number of esters is 1. The van der Waals surface area contributed by atoms with Crippen molar-refractivity contribution in [2.24, 2.45) is 11.1 Å². The molecule has 0 spiro atoms. The predicted molar refractivity (Wildman–Crippen MR) is 70.1 cm³/mol. The van der Waals surface area contributed by atoms with Gasteiger partial charge >= 0.3 is 5.97 Å². The van der Waals surface area contributed by atoms with Crippen LogP contribution in [-0.4, -0.2) is 33.6 Å². The number of ether oxygens (including phenoxy) is 1. The van der Waals surface area contributed by atoms with Crippen molar-refractivity contribution >= 4 is 17.7 Å². The minimum atomic E-state index is -0.549. The van der Waals surface area contributed by atoms with Crippen LogP contribution < -0.4 is 5.73 Å². The molecule has 0 saturated carbocycles. The molecule has 0 aliphatic heterocycles. The fraction of sp³-hybridized carbons (Fsp3) is 0.727. The maximum absolute atomic E-state index is 11.6. The maximum Gasteiger partial charge on any atom is 0.312 e. The van der Waals surface area contributed by atoms with Gasteiger partial charge in [0.25, 0.3) is 0 Å². The number of hydrogen-bond acceptors (Lipinski definition) is 6. The Labute approximate surface area is 111 Å². The van der Waals surface area contributed by atoms with Gasteiger partial charge in [-0.1, -0.05) is 11.8 Å². The van der Waals surface area contributed by atoms with Gasteiger partial charge < -0.3 is 15.0 Å². The quantitative estimate of drug-likeness (QED) is 0.615. The highest BCUT2D eigenvalue weighted by Gasteiger charge is 2.29. The van der Waals surface area contributed by atoms with Gasteiger partial charge in [0.2, 0.25) is 0 Å². The molecular formula is C11H20N4O2S. The van der Waals surface area contributed by atoms with Crippen LogP contribution in [0.1, 0.15) is 26.6 Å². The van der Waals surface area contributed by atoms with Crippen LogP contribution in [0.2, 0.25) is 0 Å². The molecule has 6 nitrogen and oxygen atoms in total. The highest BCUT2D eigenvalue weighted by molar-refractivity contribution is 7.99. The Morgan fingerprint density at radius 1 is 1.50 bits per heavy atom. The minimum Gasteiger partial charge on any atom is -0.469 e. The summed E-state index contributed by atoms with van der Waals surface area (Å²) in [6, 6.07) is 0. The first kappa shape index (κ1) is 15.0. The summed E-state index contributed by atoms with van der Waals surface area (Å²) >= 11 is 1.49. The molecule has 0 aromatic carbocycles. The summed E-state index contributed by atoms with van der Waals surface area (Å²) in [7, 11) is 1.40. The van der Waals surface area contributed by atoms with E-state index in [-0.39, 0.29) is 5.97 Å². The van der Waals surface area contributed by atoms with Gasteiger partial charge in [0, 0.05) is 12.3 Å². The summed E-state index contributed by atoms with van der Waals surface area (Å²) in [5.74, 6) is 1.12. The maximum atomic E-state index is 11.6. The summed E-state index contributed by atoms with van der Waals surface area (Å²) < 4.78 is 6.73. The van der Waals surface area contributed by atoms with Gasteiger partial charge in [-0.2, -0.15) is 0 Å². The molecule has 2 N–H and O–H groups in total. The lowest BCUT2D eigenvalue weighted by Gasteiger charge is -2.20. The van der Waals surface area contributed by atoms with E-state index in [1.165, 1.54) is 18.9 Å². The van der Waals surface area contributed by atoms with E-state index in [1.807, 2.05) is 25.3 Å². The molecule has 0 unspecified atom stereocenters. The number of aromatic nitrogens is 3. The smallest absolute Gasteiger partial charge is 0.312 e. The molecule has 0 bridgehead atoms. The summed E-state index contributed by atoms with van der Waals surface area (Å²) in [6.07, 6.45) is 0. The topological polar surface area (TPSA) is 83.0 Å². The van der Waals surface area contributed by atoms with Crippen molar-refractivity contribution in [1.82, 2.24) is 14.8 Å². The highest BCUT2D eigenvalue weighted by atomic mass is 32.2. The van der Waals surface area contributed by atoms with Crippen LogP contribution in [0.15, 0.2) is 5.16 Å². The number of thioether (sulfide) groups is 1. The summed E-state index contributed by atoms with van der Waals surface area (Å²) in [5, 5.41) is 8.90. The molecule has 18 heavy (non-hydrogen) atoms. The van der Waals surface area contributed by atoms with Gasteiger partial charge in [-0.05, 0) is 20.8 Å². The van der Waals surface area contributed by atoms with E-state index in [2.05, 4.69) is 10.2 Å². The molecule has 0 saturated heterocycles. The van der Waals surface area contributed by atoms with Crippen molar-refractivity contribution in [2.75, 3.05) is 12.9 Å². The first-order valence-electron chi connectivity index (χ1n) is 5.79. The summed E-state index contributed by atoms with van der Waals surface area (Å²) in [5.41, 5.74) is 5.04.